The minimum absolute atomic E-state index is 0.0596. The van der Waals surface area contributed by atoms with Gasteiger partial charge in [0.25, 0.3) is 5.56 Å². The molecule has 0 aliphatic carbocycles. The number of aromatic nitrogens is 2. The molecule has 0 fully saturated rings. The van der Waals surface area contributed by atoms with E-state index >= 15 is 0 Å². The van der Waals surface area contributed by atoms with Gasteiger partial charge in [-0.3, -0.25) is 4.79 Å². The fourth-order valence-electron chi connectivity index (χ4n) is 1.63. The molecule has 0 saturated heterocycles. The lowest BCUT2D eigenvalue weighted by Crippen LogP contribution is -2.09. The van der Waals surface area contributed by atoms with Gasteiger partial charge >= 0.3 is 0 Å². The van der Waals surface area contributed by atoms with E-state index in [1.54, 1.807) is 0 Å². The topological polar surface area (TPSA) is 97.8 Å². The molecule has 0 amide bonds. The molecule has 0 radical (unpaired) electrons. The highest BCUT2D eigenvalue weighted by molar-refractivity contribution is 7.99. The summed E-state index contributed by atoms with van der Waals surface area (Å²) in [5.74, 6) is 0.218. The Morgan fingerprint density at radius 3 is 2.63 bits per heavy atom. The van der Waals surface area contributed by atoms with Crippen LogP contribution in [0.5, 0.6) is 0 Å². The summed E-state index contributed by atoms with van der Waals surface area (Å²) in [6.07, 6.45) is 0.899. The Balaban J connectivity index is 2.17. The number of hydrogen-bond donors (Lipinski definition) is 3. The number of nitrogens with two attached hydrogens (primary N) is 2. The molecule has 1 aromatic carbocycles. The molecule has 6 heteroatoms. The van der Waals surface area contributed by atoms with Crippen molar-refractivity contribution in [3.8, 4) is 0 Å². The summed E-state index contributed by atoms with van der Waals surface area (Å²) in [7, 11) is 0. The average molecular weight is 276 g/mol. The van der Waals surface area contributed by atoms with Gasteiger partial charge in [-0.25, -0.2) is 4.98 Å². The number of benzene rings is 1. The molecule has 2 rings (SSSR count). The van der Waals surface area contributed by atoms with E-state index in [-0.39, 0.29) is 17.4 Å². The third kappa shape index (κ3) is 3.59. The van der Waals surface area contributed by atoms with E-state index in [1.165, 1.54) is 17.8 Å². The standard InChI is InChI=1S/C13H16N4OS/c1-2-10(14)8-3-5-9(6-4-8)19-13-16-11(15)7-12(18)17-13/h3-7,10H,2,14H2,1H3,(H3,15,16,17,18). The van der Waals surface area contributed by atoms with E-state index in [0.717, 1.165) is 16.9 Å². The van der Waals surface area contributed by atoms with Crippen LogP contribution in [-0.4, -0.2) is 9.97 Å². The lowest BCUT2D eigenvalue weighted by molar-refractivity contribution is 0.698. The smallest absolute Gasteiger partial charge is 0.253 e. The first-order valence-corrected chi connectivity index (χ1v) is 6.80. The maximum atomic E-state index is 11.3. The molecule has 2 aromatic rings. The zero-order chi connectivity index (χ0) is 13.8. The molecule has 1 heterocycles. The number of H-pyrrole nitrogens is 1. The second kappa shape index (κ2) is 5.90. The van der Waals surface area contributed by atoms with Crippen LogP contribution in [0.2, 0.25) is 0 Å². The maximum Gasteiger partial charge on any atom is 0.253 e. The van der Waals surface area contributed by atoms with E-state index in [2.05, 4.69) is 16.9 Å². The highest BCUT2D eigenvalue weighted by Gasteiger charge is 2.05. The van der Waals surface area contributed by atoms with Crippen molar-refractivity contribution in [2.24, 2.45) is 5.73 Å². The minimum Gasteiger partial charge on any atom is -0.383 e. The predicted octanol–water partition coefficient (Wildman–Crippen LogP) is 1.91. The number of rotatable bonds is 4. The number of anilines is 1. The summed E-state index contributed by atoms with van der Waals surface area (Å²) < 4.78 is 0. The number of aromatic amines is 1. The van der Waals surface area contributed by atoms with Crippen LogP contribution >= 0.6 is 11.8 Å². The molecule has 0 aliphatic heterocycles. The first-order chi connectivity index (χ1) is 9.08. The van der Waals surface area contributed by atoms with Crippen LogP contribution in [0.15, 0.2) is 45.2 Å². The van der Waals surface area contributed by atoms with E-state index in [1.807, 2.05) is 24.3 Å². The molecular weight excluding hydrogens is 260 g/mol. The van der Waals surface area contributed by atoms with Crippen LogP contribution in [0, 0.1) is 0 Å². The highest BCUT2D eigenvalue weighted by atomic mass is 32.2. The molecule has 0 spiro atoms. The Kier molecular flexibility index (Phi) is 4.24. The Morgan fingerprint density at radius 1 is 1.37 bits per heavy atom. The normalized spacial score (nSPS) is 12.3. The van der Waals surface area contributed by atoms with Crippen molar-refractivity contribution in [1.82, 2.24) is 9.97 Å². The molecule has 0 saturated carbocycles. The quantitative estimate of drug-likeness (QED) is 0.741. The van der Waals surface area contributed by atoms with E-state index in [4.69, 9.17) is 11.5 Å². The van der Waals surface area contributed by atoms with Crippen molar-refractivity contribution in [2.45, 2.75) is 29.4 Å². The molecule has 1 aromatic heterocycles. The van der Waals surface area contributed by atoms with Crippen molar-refractivity contribution in [1.29, 1.82) is 0 Å². The molecule has 0 bridgehead atoms. The monoisotopic (exact) mass is 276 g/mol. The van der Waals surface area contributed by atoms with Gasteiger partial charge in [0.15, 0.2) is 5.16 Å². The second-order valence-corrected chi connectivity index (χ2v) is 5.22. The molecule has 1 unspecified atom stereocenters. The van der Waals surface area contributed by atoms with Crippen LogP contribution in [0.1, 0.15) is 24.9 Å². The third-order valence-electron chi connectivity index (χ3n) is 2.70. The fraction of sp³-hybridized carbons (Fsp3) is 0.231. The lowest BCUT2D eigenvalue weighted by Gasteiger charge is -2.09. The van der Waals surface area contributed by atoms with Crippen molar-refractivity contribution < 1.29 is 0 Å². The Labute approximate surface area is 115 Å². The Hall–Kier alpha value is -1.79. The summed E-state index contributed by atoms with van der Waals surface area (Å²) in [5.41, 5.74) is 12.3. The van der Waals surface area contributed by atoms with Gasteiger partial charge in [0.2, 0.25) is 0 Å². The van der Waals surface area contributed by atoms with Crippen molar-refractivity contribution in [3.05, 3.63) is 46.2 Å². The molecular formula is C13H16N4OS. The first-order valence-electron chi connectivity index (χ1n) is 5.98. The van der Waals surface area contributed by atoms with Crippen LogP contribution in [0.25, 0.3) is 0 Å². The summed E-state index contributed by atoms with van der Waals surface area (Å²) in [4.78, 5) is 19.0. The largest absolute Gasteiger partial charge is 0.383 e. The molecule has 5 nitrogen and oxygen atoms in total. The SMILES string of the molecule is CCC(N)c1ccc(Sc2nc(N)cc(=O)[nH]2)cc1. The second-order valence-electron chi connectivity index (χ2n) is 4.16. The third-order valence-corrected chi connectivity index (χ3v) is 3.60. The van der Waals surface area contributed by atoms with Crippen LogP contribution in [0.3, 0.4) is 0 Å². The zero-order valence-corrected chi connectivity index (χ0v) is 11.4. The van der Waals surface area contributed by atoms with Crippen molar-refractivity contribution in [3.63, 3.8) is 0 Å². The van der Waals surface area contributed by atoms with Crippen molar-refractivity contribution in [2.75, 3.05) is 5.73 Å². The van der Waals surface area contributed by atoms with Gasteiger partial charge in [0.1, 0.15) is 5.82 Å². The van der Waals surface area contributed by atoms with Gasteiger partial charge in [-0.2, -0.15) is 0 Å². The van der Waals surface area contributed by atoms with Gasteiger partial charge in [0, 0.05) is 17.0 Å². The van der Waals surface area contributed by atoms with E-state index in [0.29, 0.717) is 5.16 Å². The predicted molar refractivity (Wildman–Crippen MR) is 77.1 cm³/mol. The van der Waals surface area contributed by atoms with Gasteiger partial charge in [0.05, 0.1) is 0 Å². The zero-order valence-electron chi connectivity index (χ0n) is 10.6. The van der Waals surface area contributed by atoms with Crippen LogP contribution < -0.4 is 17.0 Å². The molecule has 19 heavy (non-hydrogen) atoms. The minimum atomic E-state index is -0.250. The summed E-state index contributed by atoms with van der Waals surface area (Å²) in [6, 6.07) is 9.21. The molecule has 0 aliphatic rings. The number of nitrogens with one attached hydrogen (secondary N) is 1. The average Bonchev–Trinajstić information content (AvgIpc) is 2.37. The Morgan fingerprint density at radius 2 is 2.05 bits per heavy atom. The molecule has 1 atom stereocenters. The number of hydrogen-bond acceptors (Lipinski definition) is 5. The lowest BCUT2D eigenvalue weighted by atomic mass is 10.1. The van der Waals surface area contributed by atoms with Gasteiger partial charge in [-0.1, -0.05) is 30.8 Å². The molecule has 5 N–H and O–H groups in total. The van der Waals surface area contributed by atoms with Crippen LogP contribution in [-0.2, 0) is 0 Å². The Bertz CT molecular complexity index is 609. The molecule has 100 valence electrons. The number of nitrogens with zero attached hydrogens (tertiary/aromatic N) is 1. The van der Waals surface area contributed by atoms with Gasteiger partial charge < -0.3 is 16.5 Å². The first kappa shape index (κ1) is 13.6. The maximum absolute atomic E-state index is 11.3. The van der Waals surface area contributed by atoms with Crippen LogP contribution in [0.4, 0.5) is 5.82 Å². The van der Waals surface area contributed by atoms with Gasteiger partial charge in [-0.15, -0.1) is 0 Å². The summed E-state index contributed by atoms with van der Waals surface area (Å²) >= 11 is 1.36. The fourth-order valence-corrected chi connectivity index (χ4v) is 2.43. The summed E-state index contributed by atoms with van der Waals surface area (Å²) in [6.45, 7) is 2.05. The van der Waals surface area contributed by atoms with Crippen molar-refractivity contribution >= 4 is 17.6 Å². The number of nitrogen functional groups attached to an aromatic ring is 1. The van der Waals surface area contributed by atoms with E-state index < -0.39 is 0 Å². The summed E-state index contributed by atoms with van der Waals surface area (Å²) in [5, 5.41) is 0.484. The van der Waals surface area contributed by atoms with Gasteiger partial charge in [-0.05, 0) is 24.1 Å². The van der Waals surface area contributed by atoms with E-state index in [9.17, 15) is 4.79 Å². The highest BCUT2D eigenvalue weighted by Crippen LogP contribution is 2.25.